The fraction of sp³-hybridized carbons (Fsp3) is 0.0833. The predicted octanol–water partition coefficient (Wildman–Crippen LogP) is 2.98. The van der Waals surface area contributed by atoms with Crippen LogP contribution in [0.15, 0.2) is 54.6 Å². The van der Waals surface area contributed by atoms with E-state index in [1.807, 2.05) is 0 Å². The molecule has 1 aliphatic rings. The number of esters is 1. The van der Waals surface area contributed by atoms with E-state index in [1.165, 1.54) is 19.3 Å². The maximum Gasteiger partial charge on any atom is 0.337 e. The molecular weight excluding hydrogens is 396 g/mol. The maximum absolute atomic E-state index is 12.2. The van der Waals surface area contributed by atoms with Crippen LogP contribution in [0.1, 0.15) is 21.5 Å². The van der Waals surface area contributed by atoms with Crippen molar-refractivity contribution in [1.29, 1.82) is 5.26 Å². The first kappa shape index (κ1) is 21.1. The molecule has 0 unspecified atom stereocenters. The van der Waals surface area contributed by atoms with E-state index in [0.29, 0.717) is 22.3 Å². The summed E-state index contributed by atoms with van der Waals surface area (Å²) in [5, 5.41) is 9.62. The van der Waals surface area contributed by atoms with Gasteiger partial charge in [0.25, 0.3) is 11.8 Å². The fourth-order valence-electron chi connectivity index (χ4n) is 2.93. The molecule has 0 aliphatic carbocycles. The Labute approximate surface area is 178 Å². The molecule has 1 heterocycles. The van der Waals surface area contributed by atoms with Crippen molar-refractivity contribution in [2.24, 2.45) is 0 Å². The number of methoxy groups -OCH3 is 1. The predicted molar refractivity (Wildman–Crippen MR) is 114 cm³/mol. The highest BCUT2D eigenvalue weighted by molar-refractivity contribution is 6.28. The van der Waals surface area contributed by atoms with Gasteiger partial charge in [0.05, 0.1) is 30.0 Å². The number of carbonyl (C=O) groups is 3. The number of amides is 2. The van der Waals surface area contributed by atoms with E-state index >= 15 is 0 Å². The first-order valence-corrected chi connectivity index (χ1v) is 9.05. The molecule has 0 N–H and O–H groups in total. The molecule has 0 aromatic heterocycles. The zero-order valence-electron chi connectivity index (χ0n) is 16.5. The zero-order chi connectivity index (χ0) is 22.4. The molecule has 2 aromatic carbocycles. The van der Waals surface area contributed by atoms with Gasteiger partial charge in [0.15, 0.2) is 0 Å². The van der Waals surface area contributed by atoms with Crippen LogP contribution in [0.25, 0.3) is 11.6 Å². The van der Waals surface area contributed by atoms with E-state index in [2.05, 4.69) is 16.7 Å². The van der Waals surface area contributed by atoms with E-state index in [4.69, 9.17) is 11.2 Å². The third kappa shape index (κ3) is 4.52. The Kier molecular flexibility index (Phi) is 6.30. The second-order valence-corrected chi connectivity index (χ2v) is 6.30. The van der Waals surface area contributed by atoms with Crippen molar-refractivity contribution in [1.82, 2.24) is 0 Å². The van der Waals surface area contributed by atoms with Crippen LogP contribution in [0, 0.1) is 23.7 Å². The number of hydrogen-bond acceptors (Lipinski definition) is 6. The van der Waals surface area contributed by atoms with Crippen LogP contribution in [0.5, 0.6) is 5.75 Å². The Hall–Kier alpha value is -4.62. The summed E-state index contributed by atoms with van der Waals surface area (Å²) in [6.45, 7) is -0.0399. The van der Waals surface area contributed by atoms with Crippen molar-refractivity contribution < 1.29 is 23.9 Å². The molecule has 2 aromatic rings. The number of carbonyl (C=O) groups excluding carboxylic acids is 3. The topological polar surface area (TPSA) is 96.7 Å². The number of hydrogen-bond donors (Lipinski definition) is 0. The van der Waals surface area contributed by atoms with Crippen LogP contribution in [0.2, 0.25) is 0 Å². The van der Waals surface area contributed by atoms with Crippen LogP contribution in [-0.2, 0) is 14.3 Å². The molecule has 3 rings (SSSR count). The molecule has 31 heavy (non-hydrogen) atoms. The largest absolute Gasteiger partial charge is 0.479 e. The van der Waals surface area contributed by atoms with Gasteiger partial charge in [-0.1, -0.05) is 24.1 Å². The van der Waals surface area contributed by atoms with Crippen molar-refractivity contribution in [3.63, 3.8) is 0 Å². The number of terminal acetylenes is 1. The fourth-order valence-corrected chi connectivity index (χ4v) is 2.93. The number of anilines is 1. The highest BCUT2D eigenvalue weighted by atomic mass is 16.5. The highest BCUT2D eigenvalue weighted by Gasteiger charge is 2.28. The molecule has 1 aliphatic heterocycles. The first-order valence-electron chi connectivity index (χ1n) is 9.05. The molecule has 0 saturated carbocycles. The molecule has 152 valence electrons. The minimum Gasteiger partial charge on any atom is -0.479 e. The van der Waals surface area contributed by atoms with E-state index in [9.17, 15) is 19.6 Å². The lowest BCUT2D eigenvalue weighted by Crippen LogP contribution is -2.30. The van der Waals surface area contributed by atoms with Crippen LogP contribution in [-0.4, -0.2) is 31.5 Å². The molecule has 7 nitrogen and oxygen atoms in total. The third-order valence-electron chi connectivity index (χ3n) is 4.39. The summed E-state index contributed by atoms with van der Waals surface area (Å²) >= 11 is 0. The number of nitrogens with zero attached hydrogens (tertiary/aromatic N) is 2. The average Bonchev–Trinajstić information content (AvgIpc) is 3.13. The SMILES string of the molecule is C#CCOc1ccc(/C=C(\C#N)c2ccc(C(=O)OC)cc2)cc1N1C(=O)C=CC1=O. The molecule has 0 spiro atoms. The van der Waals surface area contributed by atoms with Crippen LogP contribution >= 0.6 is 0 Å². The quantitative estimate of drug-likeness (QED) is 0.238. The van der Waals surface area contributed by atoms with Gasteiger partial charge in [0, 0.05) is 12.2 Å². The summed E-state index contributed by atoms with van der Waals surface area (Å²) in [6, 6.07) is 13.3. The zero-order valence-corrected chi connectivity index (χ0v) is 16.5. The van der Waals surface area contributed by atoms with Gasteiger partial charge in [0.2, 0.25) is 0 Å². The van der Waals surface area contributed by atoms with Gasteiger partial charge in [-0.15, -0.1) is 6.42 Å². The maximum atomic E-state index is 12.2. The average molecular weight is 412 g/mol. The van der Waals surface area contributed by atoms with Crippen molar-refractivity contribution in [3.05, 3.63) is 71.3 Å². The molecule has 0 fully saturated rings. The van der Waals surface area contributed by atoms with E-state index < -0.39 is 17.8 Å². The number of imide groups is 1. The lowest BCUT2D eigenvalue weighted by molar-refractivity contribution is -0.120. The van der Waals surface area contributed by atoms with Gasteiger partial charge in [0.1, 0.15) is 12.4 Å². The van der Waals surface area contributed by atoms with Crippen LogP contribution in [0.4, 0.5) is 5.69 Å². The van der Waals surface area contributed by atoms with Gasteiger partial charge in [-0.05, 0) is 41.5 Å². The third-order valence-corrected chi connectivity index (χ3v) is 4.39. The summed E-state index contributed by atoms with van der Waals surface area (Å²) < 4.78 is 10.1. The van der Waals surface area contributed by atoms with Crippen molar-refractivity contribution in [2.45, 2.75) is 0 Å². The van der Waals surface area contributed by atoms with Crippen LogP contribution < -0.4 is 9.64 Å². The monoisotopic (exact) mass is 412 g/mol. The molecule has 0 saturated heterocycles. The highest BCUT2D eigenvalue weighted by Crippen LogP contribution is 2.33. The Morgan fingerprint density at radius 3 is 2.32 bits per heavy atom. The Morgan fingerprint density at radius 1 is 1.10 bits per heavy atom. The van der Waals surface area contributed by atoms with Crippen molar-refractivity contribution >= 4 is 35.1 Å². The number of benzene rings is 2. The Morgan fingerprint density at radius 2 is 1.74 bits per heavy atom. The summed E-state index contributed by atoms with van der Waals surface area (Å²) in [5.41, 5.74) is 2.04. The summed E-state index contributed by atoms with van der Waals surface area (Å²) in [5.74, 6) is 1.12. The van der Waals surface area contributed by atoms with Crippen LogP contribution in [0.3, 0.4) is 0 Å². The van der Waals surface area contributed by atoms with Gasteiger partial charge in [-0.2, -0.15) is 5.26 Å². The summed E-state index contributed by atoms with van der Waals surface area (Å²) in [7, 11) is 1.29. The van der Waals surface area contributed by atoms with E-state index in [0.717, 1.165) is 4.90 Å². The second kappa shape index (κ2) is 9.25. The van der Waals surface area contributed by atoms with Gasteiger partial charge >= 0.3 is 5.97 Å². The Balaban J connectivity index is 2.00. The van der Waals surface area contributed by atoms with Crippen molar-refractivity contribution in [3.8, 4) is 24.2 Å². The van der Waals surface area contributed by atoms with Gasteiger partial charge in [-0.3, -0.25) is 9.59 Å². The van der Waals surface area contributed by atoms with E-state index in [-0.39, 0.29) is 18.0 Å². The lowest BCUT2D eigenvalue weighted by Gasteiger charge is -2.18. The van der Waals surface area contributed by atoms with E-state index in [1.54, 1.807) is 48.5 Å². The Bertz CT molecular complexity index is 1180. The molecule has 0 radical (unpaired) electrons. The number of ether oxygens (including phenoxy) is 2. The lowest BCUT2D eigenvalue weighted by atomic mass is 10.0. The first-order chi connectivity index (χ1) is 15.0. The molecule has 0 atom stereocenters. The number of nitriles is 1. The number of rotatable bonds is 6. The number of allylic oxidation sites excluding steroid dienone is 1. The molecule has 0 bridgehead atoms. The molecule has 2 amide bonds. The summed E-state index contributed by atoms with van der Waals surface area (Å²) in [6.07, 6.45) is 9.17. The smallest absolute Gasteiger partial charge is 0.337 e. The minimum atomic E-state index is -0.504. The van der Waals surface area contributed by atoms with Gasteiger partial charge < -0.3 is 9.47 Å². The standard InChI is InChI=1S/C24H16N2O5/c1-3-12-31-21-9-4-16(14-20(21)26-22(27)10-11-23(26)28)13-19(15-25)17-5-7-18(8-6-17)24(29)30-2/h1,4-11,13-14H,12H2,2H3/b19-13+. The molecule has 7 heteroatoms. The second-order valence-electron chi connectivity index (χ2n) is 6.30. The normalized spacial score (nSPS) is 13.0. The van der Waals surface area contributed by atoms with Gasteiger partial charge in [-0.25, -0.2) is 9.69 Å². The minimum absolute atomic E-state index is 0.0399. The summed E-state index contributed by atoms with van der Waals surface area (Å²) in [4.78, 5) is 36.9. The van der Waals surface area contributed by atoms with Crippen molar-refractivity contribution in [2.75, 3.05) is 18.6 Å². The molecular formula is C24H16N2O5.